The fourth-order valence-corrected chi connectivity index (χ4v) is 2.50. The number of aryl methyl sites for hydroxylation is 1. The van der Waals surface area contributed by atoms with Gasteiger partial charge in [-0.2, -0.15) is 0 Å². The van der Waals surface area contributed by atoms with Crippen LogP contribution in [0.15, 0.2) is 18.2 Å². The maximum Gasteiger partial charge on any atom is 0.573 e. The third kappa shape index (κ3) is 2.07. The number of nitrogens with zero attached hydrogens (tertiary/aromatic N) is 1. The first-order valence-electron chi connectivity index (χ1n) is 5.91. The average Bonchev–Trinajstić information content (AvgIpc) is 2.77. The molecular weight excluding hydrogens is 257 g/mol. The van der Waals surface area contributed by atoms with Gasteiger partial charge in [-0.3, -0.25) is 0 Å². The average molecular weight is 268 g/mol. The summed E-state index contributed by atoms with van der Waals surface area (Å²) < 4.78 is 41.1. The maximum atomic E-state index is 12.4. The molecule has 0 fully saturated rings. The van der Waals surface area contributed by atoms with Gasteiger partial charge in [-0.05, 0) is 30.9 Å². The number of rotatable bonds is 1. The Kier molecular flexibility index (Phi) is 2.55. The summed E-state index contributed by atoms with van der Waals surface area (Å²) in [6, 6.07) is 4.41. The molecule has 1 aliphatic rings. The van der Waals surface area contributed by atoms with Crippen molar-refractivity contribution in [1.29, 1.82) is 0 Å². The molecule has 0 saturated heterocycles. The van der Waals surface area contributed by atoms with Gasteiger partial charge in [-0.25, -0.2) is 4.98 Å². The minimum absolute atomic E-state index is 0.179. The lowest BCUT2D eigenvalue weighted by Gasteiger charge is -2.13. The molecule has 0 amide bonds. The van der Waals surface area contributed by atoms with Crippen LogP contribution in [0.3, 0.4) is 0 Å². The number of para-hydroxylation sites is 1. The first-order valence-corrected chi connectivity index (χ1v) is 5.91. The largest absolute Gasteiger partial charge is 0.573 e. The van der Waals surface area contributed by atoms with Crippen molar-refractivity contribution in [2.24, 2.45) is 0 Å². The minimum atomic E-state index is -4.73. The second kappa shape index (κ2) is 4.01. The zero-order chi connectivity index (χ0) is 13.6. The predicted molar refractivity (Wildman–Crippen MR) is 64.9 cm³/mol. The molecule has 1 aliphatic carbocycles. The number of halogens is 3. The Morgan fingerprint density at radius 2 is 2.00 bits per heavy atom. The highest BCUT2D eigenvalue weighted by molar-refractivity contribution is 5.95. The Hall–Kier alpha value is -1.98. The second-order valence-corrected chi connectivity index (χ2v) is 4.50. The molecule has 19 heavy (non-hydrogen) atoms. The number of benzene rings is 1. The van der Waals surface area contributed by atoms with Gasteiger partial charge >= 0.3 is 6.36 Å². The van der Waals surface area contributed by atoms with E-state index < -0.39 is 6.36 Å². The normalized spacial score (nSPS) is 14.7. The first kappa shape index (κ1) is 12.1. The highest BCUT2D eigenvalue weighted by Crippen LogP contribution is 2.36. The molecule has 0 spiro atoms. The van der Waals surface area contributed by atoms with Crippen molar-refractivity contribution in [3.8, 4) is 5.75 Å². The second-order valence-electron chi connectivity index (χ2n) is 4.50. The van der Waals surface area contributed by atoms with E-state index in [1.165, 1.54) is 12.1 Å². The number of nitrogen functional groups attached to an aromatic ring is 1. The number of alkyl halides is 3. The summed E-state index contributed by atoms with van der Waals surface area (Å²) in [5.41, 5.74) is 8.46. The maximum absolute atomic E-state index is 12.4. The van der Waals surface area contributed by atoms with Gasteiger partial charge in [0.15, 0.2) is 5.75 Å². The molecule has 1 heterocycles. The number of hydrogen-bond donors (Lipinski definition) is 1. The molecule has 0 atom stereocenters. The van der Waals surface area contributed by atoms with Crippen molar-refractivity contribution in [2.45, 2.75) is 25.6 Å². The minimum Gasteiger partial charge on any atom is -0.403 e. The number of hydrogen-bond acceptors (Lipinski definition) is 3. The van der Waals surface area contributed by atoms with E-state index in [2.05, 4.69) is 9.72 Å². The SMILES string of the molecule is Nc1c2c(nc3c(OC(F)(F)F)cccc13)CCC2. The molecule has 0 bridgehead atoms. The zero-order valence-corrected chi connectivity index (χ0v) is 9.92. The van der Waals surface area contributed by atoms with Crippen LogP contribution >= 0.6 is 0 Å². The van der Waals surface area contributed by atoms with Crippen LogP contribution in [0, 0.1) is 0 Å². The molecule has 0 radical (unpaired) electrons. The van der Waals surface area contributed by atoms with E-state index in [0.717, 1.165) is 30.5 Å². The molecule has 0 saturated carbocycles. The molecule has 6 heteroatoms. The lowest BCUT2D eigenvalue weighted by Crippen LogP contribution is -2.17. The van der Waals surface area contributed by atoms with Crippen LogP contribution in [0.1, 0.15) is 17.7 Å². The van der Waals surface area contributed by atoms with Crippen LogP contribution in [0.5, 0.6) is 5.75 Å². The van der Waals surface area contributed by atoms with Crippen molar-refractivity contribution >= 4 is 16.6 Å². The van der Waals surface area contributed by atoms with Crippen LogP contribution in [0.2, 0.25) is 0 Å². The topological polar surface area (TPSA) is 48.1 Å². The predicted octanol–water partition coefficient (Wildman–Crippen LogP) is 3.20. The van der Waals surface area contributed by atoms with E-state index in [9.17, 15) is 13.2 Å². The molecule has 0 aliphatic heterocycles. The van der Waals surface area contributed by atoms with E-state index in [-0.39, 0.29) is 11.3 Å². The van der Waals surface area contributed by atoms with Crippen molar-refractivity contribution < 1.29 is 17.9 Å². The van der Waals surface area contributed by atoms with Crippen molar-refractivity contribution in [3.63, 3.8) is 0 Å². The van der Waals surface area contributed by atoms with Gasteiger partial charge in [0.1, 0.15) is 5.52 Å². The number of fused-ring (bicyclic) bond motifs is 2. The van der Waals surface area contributed by atoms with Crippen LogP contribution in [0.25, 0.3) is 10.9 Å². The number of anilines is 1. The molecule has 2 aromatic rings. The Morgan fingerprint density at radius 1 is 1.21 bits per heavy atom. The van der Waals surface area contributed by atoms with Gasteiger partial charge in [-0.15, -0.1) is 13.2 Å². The van der Waals surface area contributed by atoms with Crippen LogP contribution < -0.4 is 10.5 Å². The summed E-state index contributed by atoms with van der Waals surface area (Å²) in [4.78, 5) is 4.30. The van der Waals surface area contributed by atoms with Crippen molar-refractivity contribution in [3.05, 3.63) is 29.5 Å². The number of aromatic nitrogens is 1. The van der Waals surface area contributed by atoms with Crippen LogP contribution in [-0.4, -0.2) is 11.3 Å². The fraction of sp³-hybridized carbons (Fsp3) is 0.308. The molecule has 0 unspecified atom stereocenters. The highest BCUT2D eigenvalue weighted by Gasteiger charge is 2.32. The van der Waals surface area contributed by atoms with E-state index in [0.29, 0.717) is 11.1 Å². The third-order valence-corrected chi connectivity index (χ3v) is 3.28. The van der Waals surface area contributed by atoms with Crippen molar-refractivity contribution in [2.75, 3.05) is 5.73 Å². The van der Waals surface area contributed by atoms with Gasteiger partial charge < -0.3 is 10.5 Å². The summed E-state index contributed by atoms with van der Waals surface area (Å²) >= 11 is 0. The van der Waals surface area contributed by atoms with Gasteiger partial charge in [-0.1, -0.05) is 12.1 Å². The van der Waals surface area contributed by atoms with Crippen LogP contribution in [-0.2, 0) is 12.8 Å². The van der Waals surface area contributed by atoms with Gasteiger partial charge in [0.05, 0.1) is 0 Å². The van der Waals surface area contributed by atoms with Gasteiger partial charge in [0.2, 0.25) is 0 Å². The Labute approximate surface area is 107 Å². The zero-order valence-electron chi connectivity index (χ0n) is 9.92. The first-order chi connectivity index (χ1) is 8.96. The number of ether oxygens (including phenoxy) is 1. The standard InChI is InChI=1S/C13H11F3N2O/c14-13(15,16)19-10-6-2-4-8-11(17)7-3-1-5-9(7)18-12(8)10/h2,4,6H,1,3,5H2,(H2,17,18). The van der Waals surface area contributed by atoms with E-state index >= 15 is 0 Å². The fourth-order valence-electron chi connectivity index (χ4n) is 2.50. The van der Waals surface area contributed by atoms with E-state index in [4.69, 9.17) is 5.73 Å². The van der Waals surface area contributed by atoms with Crippen LogP contribution in [0.4, 0.5) is 18.9 Å². The third-order valence-electron chi connectivity index (χ3n) is 3.28. The molecule has 3 rings (SSSR count). The Morgan fingerprint density at radius 3 is 2.74 bits per heavy atom. The summed E-state index contributed by atoms with van der Waals surface area (Å²) in [7, 11) is 0. The summed E-state index contributed by atoms with van der Waals surface area (Å²) in [6.07, 6.45) is -2.23. The molecule has 1 aromatic carbocycles. The lowest BCUT2D eigenvalue weighted by molar-refractivity contribution is -0.274. The van der Waals surface area contributed by atoms with Gasteiger partial charge in [0, 0.05) is 16.8 Å². The molecule has 100 valence electrons. The quantitative estimate of drug-likeness (QED) is 0.864. The number of nitrogens with two attached hydrogens (primary N) is 1. The van der Waals surface area contributed by atoms with E-state index in [1.807, 2.05) is 0 Å². The smallest absolute Gasteiger partial charge is 0.403 e. The van der Waals surface area contributed by atoms with Gasteiger partial charge in [0.25, 0.3) is 0 Å². The molecule has 1 aromatic heterocycles. The monoisotopic (exact) mass is 268 g/mol. The molecule has 2 N–H and O–H groups in total. The summed E-state index contributed by atoms with van der Waals surface area (Å²) in [5.74, 6) is -0.300. The lowest BCUT2D eigenvalue weighted by atomic mass is 10.1. The molecular formula is C13H11F3N2O. The Bertz CT molecular complexity index is 652. The summed E-state index contributed by atoms with van der Waals surface area (Å²) in [6.45, 7) is 0. The number of pyridine rings is 1. The Balaban J connectivity index is 2.23. The summed E-state index contributed by atoms with van der Waals surface area (Å²) in [5, 5.41) is 0.516. The highest BCUT2D eigenvalue weighted by atomic mass is 19.4. The molecule has 3 nitrogen and oxygen atoms in total. The van der Waals surface area contributed by atoms with E-state index in [1.54, 1.807) is 6.07 Å². The van der Waals surface area contributed by atoms with Crippen molar-refractivity contribution in [1.82, 2.24) is 4.98 Å².